The normalized spacial score (nSPS) is 10.9. The van der Waals surface area contributed by atoms with Crippen LogP contribution in [0.2, 0.25) is 0 Å². The van der Waals surface area contributed by atoms with Gasteiger partial charge in [0.2, 0.25) is 0 Å². The fraction of sp³-hybridized carbons (Fsp3) is 0.400. The van der Waals surface area contributed by atoms with Crippen LogP contribution in [0.5, 0.6) is 0 Å². The Hall–Kier alpha value is -1.35. The van der Waals surface area contributed by atoms with Crippen molar-refractivity contribution in [2.75, 3.05) is 5.32 Å². The van der Waals surface area contributed by atoms with Crippen LogP contribution in [-0.2, 0) is 6.42 Å². The molecular formula is C15H20N2S. The van der Waals surface area contributed by atoms with Gasteiger partial charge in [-0.2, -0.15) is 0 Å². The number of aryl methyl sites for hydroxylation is 1. The molecule has 0 atom stereocenters. The highest BCUT2D eigenvalue weighted by molar-refractivity contribution is 7.14. The average Bonchev–Trinajstić information content (AvgIpc) is 2.78. The summed E-state index contributed by atoms with van der Waals surface area (Å²) in [6.45, 7) is 6.46. The van der Waals surface area contributed by atoms with Crippen molar-refractivity contribution in [3.8, 4) is 11.3 Å². The number of hydrogen-bond acceptors (Lipinski definition) is 3. The number of hydrogen-bond donors (Lipinski definition) is 1. The van der Waals surface area contributed by atoms with Crippen LogP contribution in [0.25, 0.3) is 11.3 Å². The van der Waals surface area contributed by atoms with E-state index in [1.54, 1.807) is 11.3 Å². The number of aromatic nitrogens is 1. The third-order valence-electron chi connectivity index (χ3n) is 2.70. The molecule has 3 heteroatoms. The Kier molecular flexibility index (Phi) is 4.37. The molecule has 0 fully saturated rings. The molecule has 2 aromatic rings. The van der Waals surface area contributed by atoms with E-state index < -0.39 is 0 Å². The fourth-order valence-electron chi connectivity index (χ4n) is 1.85. The molecule has 0 aliphatic carbocycles. The van der Waals surface area contributed by atoms with Crippen LogP contribution >= 0.6 is 11.3 Å². The van der Waals surface area contributed by atoms with Crippen LogP contribution in [0.4, 0.5) is 5.13 Å². The molecule has 1 heterocycles. The van der Waals surface area contributed by atoms with E-state index in [2.05, 4.69) is 60.7 Å². The molecule has 0 aliphatic rings. The molecule has 18 heavy (non-hydrogen) atoms. The Morgan fingerprint density at radius 2 is 1.94 bits per heavy atom. The van der Waals surface area contributed by atoms with Crippen LogP contribution < -0.4 is 5.32 Å². The number of anilines is 1. The van der Waals surface area contributed by atoms with Crippen molar-refractivity contribution in [3.05, 3.63) is 35.2 Å². The maximum Gasteiger partial charge on any atom is 0.183 e. The molecule has 0 spiro atoms. The molecule has 0 saturated heterocycles. The second-order valence-electron chi connectivity index (χ2n) is 4.78. The van der Waals surface area contributed by atoms with E-state index >= 15 is 0 Å². The molecule has 1 aromatic carbocycles. The summed E-state index contributed by atoms with van der Waals surface area (Å²) >= 11 is 1.66. The largest absolute Gasteiger partial charge is 0.359 e. The summed E-state index contributed by atoms with van der Waals surface area (Å²) < 4.78 is 0. The quantitative estimate of drug-likeness (QED) is 0.851. The van der Waals surface area contributed by atoms with Gasteiger partial charge in [-0.25, -0.2) is 4.98 Å². The SMILES string of the molecule is CCCc1ccc(-c2csc(NC(C)C)n2)cc1. The van der Waals surface area contributed by atoms with E-state index in [9.17, 15) is 0 Å². The Bertz CT molecular complexity index is 485. The standard InChI is InChI=1S/C15H20N2S/c1-4-5-12-6-8-13(9-7-12)14-10-18-15(17-14)16-11(2)3/h6-11H,4-5H2,1-3H3,(H,16,17). The average molecular weight is 260 g/mol. The first kappa shape index (κ1) is 13.1. The maximum atomic E-state index is 4.60. The molecule has 0 saturated carbocycles. The number of rotatable bonds is 5. The molecule has 2 nitrogen and oxygen atoms in total. The number of nitrogens with one attached hydrogen (secondary N) is 1. The Morgan fingerprint density at radius 3 is 2.56 bits per heavy atom. The van der Waals surface area contributed by atoms with Gasteiger partial charge in [0.25, 0.3) is 0 Å². The summed E-state index contributed by atoms with van der Waals surface area (Å²) in [5.41, 5.74) is 3.66. The lowest BCUT2D eigenvalue weighted by Crippen LogP contribution is -2.08. The molecule has 0 amide bonds. The summed E-state index contributed by atoms with van der Waals surface area (Å²) in [6.07, 6.45) is 2.34. The lowest BCUT2D eigenvalue weighted by Gasteiger charge is -2.04. The minimum absolute atomic E-state index is 0.427. The van der Waals surface area contributed by atoms with Crippen molar-refractivity contribution < 1.29 is 0 Å². The van der Waals surface area contributed by atoms with Gasteiger partial charge in [-0.05, 0) is 25.8 Å². The van der Waals surface area contributed by atoms with Crippen molar-refractivity contribution in [2.24, 2.45) is 0 Å². The van der Waals surface area contributed by atoms with Gasteiger partial charge in [0.15, 0.2) is 5.13 Å². The monoisotopic (exact) mass is 260 g/mol. The molecular weight excluding hydrogens is 240 g/mol. The third kappa shape index (κ3) is 3.33. The predicted octanol–water partition coefficient (Wildman–Crippen LogP) is 4.58. The van der Waals surface area contributed by atoms with E-state index in [4.69, 9.17) is 0 Å². The van der Waals surface area contributed by atoms with Crippen LogP contribution in [0, 0.1) is 0 Å². The lowest BCUT2D eigenvalue weighted by molar-refractivity contribution is 0.897. The van der Waals surface area contributed by atoms with Gasteiger partial charge in [0, 0.05) is 17.0 Å². The zero-order valence-corrected chi connectivity index (χ0v) is 12.1. The highest BCUT2D eigenvalue weighted by atomic mass is 32.1. The smallest absolute Gasteiger partial charge is 0.183 e. The molecule has 1 aromatic heterocycles. The van der Waals surface area contributed by atoms with Gasteiger partial charge in [0.1, 0.15) is 0 Å². The van der Waals surface area contributed by atoms with E-state index in [1.165, 1.54) is 17.5 Å². The topological polar surface area (TPSA) is 24.9 Å². The van der Waals surface area contributed by atoms with Crippen molar-refractivity contribution in [1.82, 2.24) is 4.98 Å². The van der Waals surface area contributed by atoms with Gasteiger partial charge < -0.3 is 5.32 Å². The van der Waals surface area contributed by atoms with Crippen molar-refractivity contribution in [1.29, 1.82) is 0 Å². The van der Waals surface area contributed by atoms with Crippen LogP contribution in [0.3, 0.4) is 0 Å². The van der Waals surface area contributed by atoms with Gasteiger partial charge in [-0.15, -0.1) is 11.3 Å². The number of benzene rings is 1. The molecule has 0 unspecified atom stereocenters. The van der Waals surface area contributed by atoms with E-state index in [-0.39, 0.29) is 0 Å². The molecule has 96 valence electrons. The van der Waals surface area contributed by atoms with Gasteiger partial charge in [0.05, 0.1) is 5.69 Å². The van der Waals surface area contributed by atoms with E-state index in [0.29, 0.717) is 6.04 Å². The summed E-state index contributed by atoms with van der Waals surface area (Å²) in [5, 5.41) is 6.44. The van der Waals surface area contributed by atoms with Gasteiger partial charge in [-0.3, -0.25) is 0 Å². The summed E-state index contributed by atoms with van der Waals surface area (Å²) in [6, 6.07) is 9.16. The molecule has 0 radical (unpaired) electrons. The Labute approximate surface area is 113 Å². The summed E-state index contributed by atoms with van der Waals surface area (Å²) in [5.74, 6) is 0. The lowest BCUT2D eigenvalue weighted by atomic mass is 10.1. The zero-order valence-electron chi connectivity index (χ0n) is 11.2. The maximum absolute atomic E-state index is 4.60. The first-order valence-electron chi connectivity index (χ1n) is 6.50. The minimum Gasteiger partial charge on any atom is -0.359 e. The van der Waals surface area contributed by atoms with Crippen LogP contribution in [-0.4, -0.2) is 11.0 Å². The van der Waals surface area contributed by atoms with Crippen molar-refractivity contribution in [2.45, 2.75) is 39.7 Å². The van der Waals surface area contributed by atoms with E-state index in [1.807, 2.05) is 0 Å². The number of thiazole rings is 1. The van der Waals surface area contributed by atoms with Crippen molar-refractivity contribution in [3.63, 3.8) is 0 Å². The molecule has 0 bridgehead atoms. The predicted molar refractivity (Wildman–Crippen MR) is 80.3 cm³/mol. The Morgan fingerprint density at radius 1 is 1.22 bits per heavy atom. The molecule has 1 N–H and O–H groups in total. The highest BCUT2D eigenvalue weighted by Gasteiger charge is 2.05. The summed E-state index contributed by atoms with van der Waals surface area (Å²) in [7, 11) is 0. The zero-order chi connectivity index (χ0) is 13.0. The Balaban J connectivity index is 2.13. The minimum atomic E-state index is 0.427. The van der Waals surface area contributed by atoms with Gasteiger partial charge >= 0.3 is 0 Å². The first-order chi connectivity index (χ1) is 8.69. The molecule has 0 aliphatic heterocycles. The summed E-state index contributed by atoms with van der Waals surface area (Å²) in [4.78, 5) is 4.60. The highest BCUT2D eigenvalue weighted by Crippen LogP contribution is 2.25. The van der Waals surface area contributed by atoms with Crippen LogP contribution in [0.15, 0.2) is 29.6 Å². The third-order valence-corrected chi connectivity index (χ3v) is 3.48. The second kappa shape index (κ2) is 6.01. The molecule has 2 rings (SSSR count). The first-order valence-corrected chi connectivity index (χ1v) is 7.38. The van der Waals surface area contributed by atoms with Gasteiger partial charge in [-0.1, -0.05) is 37.6 Å². The van der Waals surface area contributed by atoms with Crippen molar-refractivity contribution >= 4 is 16.5 Å². The number of nitrogens with zero attached hydrogens (tertiary/aromatic N) is 1. The van der Waals surface area contributed by atoms with Crippen LogP contribution in [0.1, 0.15) is 32.8 Å². The fourth-order valence-corrected chi connectivity index (χ4v) is 2.72. The van der Waals surface area contributed by atoms with E-state index in [0.717, 1.165) is 17.2 Å². The second-order valence-corrected chi connectivity index (χ2v) is 5.64.